The van der Waals surface area contributed by atoms with Gasteiger partial charge in [-0.05, 0) is 37.3 Å². The van der Waals surface area contributed by atoms with Crippen molar-refractivity contribution in [3.8, 4) is 11.8 Å². The Hall–Kier alpha value is -3.23. The van der Waals surface area contributed by atoms with Gasteiger partial charge in [-0.2, -0.15) is 18.4 Å². The Morgan fingerprint density at radius 1 is 1.29 bits per heavy atom. The molecule has 0 unspecified atom stereocenters. The lowest BCUT2D eigenvalue weighted by Gasteiger charge is -2.23. The standard InChI is InChI=1S/C20H16F3N3O2/c1-13-26(16-6-3-14(10-24)19(9-16)20(21,22)23)11-18(28-13)12-27-17-7-4-15(25-2)5-8-17/h3-9,13,18H,11-12H2,1H3/t13-,18+/m1/s1. The molecule has 2 atom stereocenters. The SMILES string of the molecule is [C-]#[N+]c1ccc(OC[C@@H]2CN(c3ccc(C#N)c(C(F)(F)F)c3)[C@@H](C)O2)cc1. The van der Waals surface area contributed by atoms with Crippen LogP contribution in [-0.4, -0.2) is 25.5 Å². The Balaban J connectivity index is 1.69. The van der Waals surface area contributed by atoms with Gasteiger partial charge in [-0.15, -0.1) is 0 Å². The first-order valence-electron chi connectivity index (χ1n) is 8.45. The van der Waals surface area contributed by atoms with Gasteiger partial charge in [-0.3, -0.25) is 0 Å². The third-order valence-electron chi connectivity index (χ3n) is 4.39. The summed E-state index contributed by atoms with van der Waals surface area (Å²) in [5.41, 5.74) is -0.528. The van der Waals surface area contributed by atoms with E-state index in [1.165, 1.54) is 12.1 Å². The van der Waals surface area contributed by atoms with Crippen molar-refractivity contribution in [2.45, 2.75) is 25.4 Å². The highest BCUT2D eigenvalue weighted by atomic mass is 19.4. The van der Waals surface area contributed by atoms with Gasteiger partial charge in [0.2, 0.25) is 0 Å². The average Bonchev–Trinajstić information content (AvgIpc) is 3.06. The molecule has 1 fully saturated rings. The third-order valence-corrected chi connectivity index (χ3v) is 4.39. The molecule has 0 amide bonds. The van der Waals surface area contributed by atoms with Gasteiger partial charge < -0.3 is 14.4 Å². The van der Waals surface area contributed by atoms with Crippen molar-refractivity contribution in [3.63, 3.8) is 0 Å². The zero-order valence-electron chi connectivity index (χ0n) is 14.9. The fourth-order valence-corrected chi connectivity index (χ4v) is 3.02. The zero-order chi connectivity index (χ0) is 20.3. The van der Waals surface area contributed by atoms with E-state index in [1.807, 2.05) is 0 Å². The highest BCUT2D eigenvalue weighted by Crippen LogP contribution is 2.36. The molecule has 1 aliphatic rings. The zero-order valence-corrected chi connectivity index (χ0v) is 14.9. The molecule has 2 aromatic rings. The maximum Gasteiger partial charge on any atom is 0.417 e. The molecular formula is C20H16F3N3O2. The van der Waals surface area contributed by atoms with E-state index in [1.54, 1.807) is 42.2 Å². The Labute approximate surface area is 160 Å². The lowest BCUT2D eigenvalue weighted by atomic mass is 10.1. The van der Waals surface area contributed by atoms with E-state index in [4.69, 9.17) is 21.3 Å². The highest BCUT2D eigenvalue weighted by molar-refractivity contribution is 5.55. The van der Waals surface area contributed by atoms with Crippen LogP contribution in [0.25, 0.3) is 4.85 Å². The molecule has 5 nitrogen and oxygen atoms in total. The van der Waals surface area contributed by atoms with E-state index in [9.17, 15) is 13.2 Å². The normalized spacial score (nSPS) is 19.1. The second kappa shape index (κ2) is 7.79. The topological polar surface area (TPSA) is 49.8 Å². The largest absolute Gasteiger partial charge is 0.491 e. The molecule has 1 saturated heterocycles. The minimum Gasteiger partial charge on any atom is -0.491 e. The van der Waals surface area contributed by atoms with Crippen LogP contribution in [0.5, 0.6) is 5.75 Å². The van der Waals surface area contributed by atoms with E-state index in [0.29, 0.717) is 23.7 Å². The fraction of sp³-hybridized carbons (Fsp3) is 0.300. The third kappa shape index (κ3) is 4.19. The molecule has 0 radical (unpaired) electrons. The Morgan fingerprint density at radius 3 is 2.61 bits per heavy atom. The molecule has 0 aliphatic carbocycles. The van der Waals surface area contributed by atoms with Crippen molar-refractivity contribution in [2.75, 3.05) is 18.1 Å². The predicted octanol–water partition coefficient (Wildman–Crippen LogP) is 4.76. The highest BCUT2D eigenvalue weighted by Gasteiger charge is 2.36. The summed E-state index contributed by atoms with van der Waals surface area (Å²) in [7, 11) is 0. The quantitative estimate of drug-likeness (QED) is 0.710. The minimum absolute atomic E-state index is 0.223. The molecule has 0 N–H and O–H groups in total. The van der Waals surface area contributed by atoms with Gasteiger partial charge in [0.05, 0.1) is 30.3 Å². The average molecular weight is 387 g/mol. The molecule has 2 aromatic carbocycles. The van der Waals surface area contributed by atoms with Crippen LogP contribution in [0, 0.1) is 17.9 Å². The minimum atomic E-state index is -4.61. The summed E-state index contributed by atoms with van der Waals surface area (Å²) in [6.07, 6.45) is -5.38. The molecule has 3 rings (SSSR count). The first-order valence-corrected chi connectivity index (χ1v) is 8.45. The molecule has 8 heteroatoms. The summed E-state index contributed by atoms with van der Waals surface area (Å²) in [6.45, 7) is 9.25. The van der Waals surface area contributed by atoms with Gasteiger partial charge in [0.25, 0.3) is 0 Å². The van der Waals surface area contributed by atoms with Gasteiger partial charge in [0.15, 0.2) is 5.69 Å². The molecule has 0 saturated carbocycles. The first kappa shape index (κ1) is 19.5. The number of ether oxygens (including phenoxy) is 2. The molecule has 28 heavy (non-hydrogen) atoms. The summed E-state index contributed by atoms with van der Waals surface area (Å²) < 4.78 is 51.0. The summed E-state index contributed by atoms with van der Waals surface area (Å²) in [5, 5.41) is 8.92. The van der Waals surface area contributed by atoms with Crippen LogP contribution in [-0.2, 0) is 10.9 Å². The van der Waals surface area contributed by atoms with Crippen LogP contribution in [0.2, 0.25) is 0 Å². The number of halogens is 3. The number of hydrogen-bond acceptors (Lipinski definition) is 4. The number of alkyl halides is 3. The first-order chi connectivity index (χ1) is 13.3. The van der Waals surface area contributed by atoms with Gasteiger partial charge in [-0.25, -0.2) is 4.85 Å². The molecule has 0 bridgehead atoms. The Morgan fingerprint density at radius 2 is 2.00 bits per heavy atom. The van der Waals surface area contributed by atoms with E-state index >= 15 is 0 Å². The van der Waals surface area contributed by atoms with Crippen LogP contribution in [0.15, 0.2) is 42.5 Å². The molecular weight excluding hydrogens is 371 g/mol. The van der Waals surface area contributed by atoms with Crippen molar-refractivity contribution in [1.29, 1.82) is 5.26 Å². The number of rotatable bonds is 4. The van der Waals surface area contributed by atoms with Crippen LogP contribution in [0.4, 0.5) is 24.5 Å². The monoisotopic (exact) mass is 387 g/mol. The maximum atomic E-state index is 13.2. The van der Waals surface area contributed by atoms with E-state index in [2.05, 4.69) is 4.85 Å². The summed E-state index contributed by atoms with van der Waals surface area (Å²) in [6, 6.07) is 11.9. The van der Waals surface area contributed by atoms with Gasteiger partial charge >= 0.3 is 6.18 Å². The van der Waals surface area contributed by atoms with Crippen LogP contribution in [0.3, 0.4) is 0 Å². The fourth-order valence-electron chi connectivity index (χ4n) is 3.02. The van der Waals surface area contributed by atoms with Crippen LogP contribution in [0.1, 0.15) is 18.1 Å². The van der Waals surface area contributed by atoms with Crippen molar-refractivity contribution < 1.29 is 22.6 Å². The van der Waals surface area contributed by atoms with E-state index in [-0.39, 0.29) is 12.7 Å². The number of hydrogen-bond donors (Lipinski definition) is 0. The number of anilines is 1. The van der Waals surface area contributed by atoms with Crippen molar-refractivity contribution in [3.05, 3.63) is 65.0 Å². The molecule has 1 aliphatic heterocycles. The molecule has 1 heterocycles. The molecule has 0 aromatic heterocycles. The van der Waals surface area contributed by atoms with Crippen LogP contribution >= 0.6 is 0 Å². The maximum absolute atomic E-state index is 13.2. The Bertz CT molecular complexity index is 930. The number of nitrogens with zero attached hydrogens (tertiary/aromatic N) is 3. The van der Waals surface area contributed by atoms with Gasteiger partial charge in [0.1, 0.15) is 24.7 Å². The summed E-state index contributed by atoms with van der Waals surface area (Å²) in [4.78, 5) is 5.00. The summed E-state index contributed by atoms with van der Waals surface area (Å²) >= 11 is 0. The number of nitriles is 1. The smallest absolute Gasteiger partial charge is 0.417 e. The molecule has 0 spiro atoms. The van der Waals surface area contributed by atoms with E-state index in [0.717, 1.165) is 6.07 Å². The molecule has 144 valence electrons. The second-order valence-corrected chi connectivity index (χ2v) is 6.27. The van der Waals surface area contributed by atoms with E-state index < -0.39 is 23.5 Å². The number of benzene rings is 2. The van der Waals surface area contributed by atoms with Crippen molar-refractivity contribution >= 4 is 11.4 Å². The van der Waals surface area contributed by atoms with Crippen molar-refractivity contribution in [2.24, 2.45) is 0 Å². The Kier molecular flexibility index (Phi) is 5.43. The predicted molar refractivity (Wildman–Crippen MR) is 96.0 cm³/mol. The van der Waals surface area contributed by atoms with Crippen molar-refractivity contribution in [1.82, 2.24) is 0 Å². The van der Waals surface area contributed by atoms with Gasteiger partial charge in [0, 0.05) is 5.69 Å². The summed E-state index contributed by atoms with van der Waals surface area (Å²) in [5.74, 6) is 0.583. The lowest BCUT2D eigenvalue weighted by molar-refractivity contribution is -0.137. The lowest BCUT2D eigenvalue weighted by Crippen LogP contribution is -2.28. The van der Waals surface area contributed by atoms with Gasteiger partial charge in [-0.1, -0.05) is 12.1 Å². The van der Waals surface area contributed by atoms with Crippen LogP contribution < -0.4 is 9.64 Å². The second-order valence-electron chi connectivity index (χ2n) is 6.27.